The Balaban J connectivity index is 1.99. The number of aliphatic carboxylic acids is 1. The van der Waals surface area contributed by atoms with Crippen LogP contribution in [-0.2, 0) is 4.79 Å². The number of aromatic nitrogens is 1. The molecule has 17 heavy (non-hydrogen) atoms. The lowest BCUT2D eigenvalue weighted by atomic mass is 9.77. The van der Waals surface area contributed by atoms with Gasteiger partial charge in [0.2, 0.25) is 0 Å². The first kappa shape index (κ1) is 10.1. The summed E-state index contributed by atoms with van der Waals surface area (Å²) >= 11 is 0. The standard InChI is InChI=1S/C12H12N2O3/c15-11(16)12(4-1-5-12)14-10-8-3-7-17-9(8)2-6-13-10/h2-3,6-7H,1,4-5H2,(H,13,14)(H,15,16). The molecule has 2 aromatic rings. The van der Waals surface area contributed by atoms with Crippen molar-refractivity contribution in [2.45, 2.75) is 24.8 Å². The summed E-state index contributed by atoms with van der Waals surface area (Å²) in [4.78, 5) is 15.5. The molecule has 2 heterocycles. The monoisotopic (exact) mass is 232 g/mol. The van der Waals surface area contributed by atoms with Gasteiger partial charge in [-0.15, -0.1) is 0 Å². The van der Waals surface area contributed by atoms with Crippen LogP contribution >= 0.6 is 0 Å². The summed E-state index contributed by atoms with van der Waals surface area (Å²) in [6, 6.07) is 3.55. The van der Waals surface area contributed by atoms with Crippen LogP contribution in [0.15, 0.2) is 29.0 Å². The molecule has 0 amide bonds. The van der Waals surface area contributed by atoms with Gasteiger partial charge in [-0.25, -0.2) is 9.78 Å². The molecule has 0 radical (unpaired) electrons. The molecule has 0 atom stereocenters. The topological polar surface area (TPSA) is 75.4 Å². The fourth-order valence-electron chi connectivity index (χ4n) is 2.14. The van der Waals surface area contributed by atoms with Crippen molar-refractivity contribution in [1.29, 1.82) is 0 Å². The normalized spacial score (nSPS) is 17.6. The van der Waals surface area contributed by atoms with Crippen molar-refractivity contribution in [3.63, 3.8) is 0 Å². The third-order valence-electron chi connectivity index (χ3n) is 3.35. The van der Waals surface area contributed by atoms with E-state index in [1.807, 2.05) is 0 Å². The lowest BCUT2D eigenvalue weighted by Crippen LogP contribution is -2.52. The van der Waals surface area contributed by atoms with Crippen LogP contribution in [0.2, 0.25) is 0 Å². The summed E-state index contributed by atoms with van der Waals surface area (Å²) in [5.74, 6) is -0.232. The summed E-state index contributed by atoms with van der Waals surface area (Å²) < 4.78 is 5.26. The zero-order valence-corrected chi connectivity index (χ0v) is 9.14. The number of carboxylic acids is 1. The lowest BCUT2D eigenvalue weighted by Gasteiger charge is -2.38. The van der Waals surface area contributed by atoms with Gasteiger partial charge >= 0.3 is 5.97 Å². The molecule has 1 fully saturated rings. The van der Waals surface area contributed by atoms with E-state index in [4.69, 9.17) is 4.42 Å². The second-order valence-corrected chi connectivity index (χ2v) is 4.36. The number of hydrogen-bond acceptors (Lipinski definition) is 4. The average molecular weight is 232 g/mol. The molecular formula is C12H12N2O3. The van der Waals surface area contributed by atoms with Crippen molar-refractivity contribution in [3.05, 3.63) is 24.6 Å². The van der Waals surface area contributed by atoms with E-state index in [-0.39, 0.29) is 0 Å². The highest BCUT2D eigenvalue weighted by Gasteiger charge is 2.44. The zero-order valence-electron chi connectivity index (χ0n) is 9.14. The van der Waals surface area contributed by atoms with Crippen molar-refractivity contribution in [2.75, 3.05) is 5.32 Å². The highest BCUT2D eigenvalue weighted by molar-refractivity contribution is 5.92. The molecule has 2 aromatic heterocycles. The number of fused-ring (bicyclic) bond motifs is 1. The number of furan rings is 1. The van der Waals surface area contributed by atoms with Crippen LogP contribution in [0.4, 0.5) is 5.82 Å². The molecule has 3 rings (SSSR count). The van der Waals surface area contributed by atoms with E-state index in [9.17, 15) is 9.90 Å². The SMILES string of the molecule is O=C(O)C1(Nc2nccc3occc23)CCC1. The van der Waals surface area contributed by atoms with Crippen molar-refractivity contribution in [3.8, 4) is 0 Å². The lowest BCUT2D eigenvalue weighted by molar-refractivity contribution is -0.145. The molecule has 0 bridgehead atoms. The summed E-state index contributed by atoms with van der Waals surface area (Å²) in [7, 11) is 0. The molecule has 5 nitrogen and oxygen atoms in total. The van der Waals surface area contributed by atoms with Crippen LogP contribution in [0.5, 0.6) is 0 Å². The molecule has 0 aliphatic heterocycles. The van der Waals surface area contributed by atoms with E-state index < -0.39 is 11.5 Å². The molecule has 0 spiro atoms. The largest absolute Gasteiger partial charge is 0.480 e. The van der Waals surface area contributed by atoms with E-state index in [0.29, 0.717) is 24.2 Å². The van der Waals surface area contributed by atoms with Gasteiger partial charge in [0.15, 0.2) is 0 Å². The van der Waals surface area contributed by atoms with Gasteiger partial charge in [0, 0.05) is 6.20 Å². The van der Waals surface area contributed by atoms with Crippen molar-refractivity contribution < 1.29 is 14.3 Å². The Hall–Kier alpha value is -2.04. The Bertz CT molecular complexity index is 572. The summed E-state index contributed by atoms with van der Waals surface area (Å²) in [6.07, 6.45) is 5.39. The number of hydrogen-bond donors (Lipinski definition) is 2. The first-order valence-electron chi connectivity index (χ1n) is 5.55. The maximum absolute atomic E-state index is 11.3. The molecule has 5 heteroatoms. The summed E-state index contributed by atoms with van der Waals surface area (Å²) in [6.45, 7) is 0. The van der Waals surface area contributed by atoms with Gasteiger partial charge in [0.05, 0.1) is 11.6 Å². The average Bonchev–Trinajstić information content (AvgIpc) is 2.71. The second-order valence-electron chi connectivity index (χ2n) is 4.36. The van der Waals surface area contributed by atoms with Crippen LogP contribution in [0.1, 0.15) is 19.3 Å². The van der Waals surface area contributed by atoms with Crippen LogP contribution in [0, 0.1) is 0 Å². The van der Waals surface area contributed by atoms with Gasteiger partial charge in [-0.2, -0.15) is 0 Å². The Morgan fingerprint density at radius 2 is 2.29 bits per heavy atom. The Kier molecular flexibility index (Phi) is 2.07. The number of nitrogens with one attached hydrogen (secondary N) is 1. The third kappa shape index (κ3) is 1.46. The predicted molar refractivity (Wildman–Crippen MR) is 61.8 cm³/mol. The van der Waals surface area contributed by atoms with Gasteiger partial charge in [-0.05, 0) is 31.4 Å². The minimum absolute atomic E-state index is 0.582. The van der Waals surface area contributed by atoms with Crippen LogP contribution in [0.3, 0.4) is 0 Å². The van der Waals surface area contributed by atoms with Gasteiger partial charge in [-0.1, -0.05) is 0 Å². The smallest absolute Gasteiger partial charge is 0.329 e. The number of carbonyl (C=O) groups is 1. The zero-order chi connectivity index (χ0) is 11.9. The summed E-state index contributed by atoms with van der Waals surface area (Å²) in [5, 5.41) is 13.1. The molecule has 88 valence electrons. The number of carboxylic acid groups (broad SMARTS) is 1. The molecule has 1 aliphatic rings. The number of pyridine rings is 1. The molecule has 1 saturated carbocycles. The van der Waals surface area contributed by atoms with Crippen LogP contribution in [-0.4, -0.2) is 21.6 Å². The minimum Gasteiger partial charge on any atom is -0.480 e. The highest BCUT2D eigenvalue weighted by Crippen LogP contribution is 2.36. The van der Waals surface area contributed by atoms with E-state index in [0.717, 1.165) is 11.8 Å². The van der Waals surface area contributed by atoms with E-state index in [1.165, 1.54) is 0 Å². The molecule has 1 aliphatic carbocycles. The number of rotatable bonds is 3. The van der Waals surface area contributed by atoms with Crippen LogP contribution < -0.4 is 5.32 Å². The molecule has 0 aromatic carbocycles. The highest BCUT2D eigenvalue weighted by atomic mass is 16.4. The fraction of sp³-hybridized carbons (Fsp3) is 0.333. The molecule has 0 saturated heterocycles. The Labute approximate surface area is 97.5 Å². The predicted octanol–water partition coefficient (Wildman–Crippen LogP) is 2.25. The Morgan fingerprint density at radius 1 is 1.47 bits per heavy atom. The Morgan fingerprint density at radius 3 is 2.94 bits per heavy atom. The first-order valence-corrected chi connectivity index (χ1v) is 5.55. The molecule has 0 unspecified atom stereocenters. The van der Waals surface area contributed by atoms with Crippen molar-refractivity contribution in [1.82, 2.24) is 4.98 Å². The van der Waals surface area contributed by atoms with E-state index in [1.54, 1.807) is 24.6 Å². The maximum atomic E-state index is 11.3. The van der Waals surface area contributed by atoms with Gasteiger partial charge in [-0.3, -0.25) is 0 Å². The maximum Gasteiger partial charge on any atom is 0.329 e. The summed E-state index contributed by atoms with van der Waals surface area (Å²) in [5.41, 5.74) is -0.138. The van der Waals surface area contributed by atoms with E-state index in [2.05, 4.69) is 10.3 Å². The van der Waals surface area contributed by atoms with Gasteiger partial charge in [0.1, 0.15) is 16.9 Å². The molecule has 2 N–H and O–H groups in total. The third-order valence-corrected chi connectivity index (χ3v) is 3.35. The van der Waals surface area contributed by atoms with Crippen LogP contribution in [0.25, 0.3) is 11.0 Å². The second kappa shape index (κ2) is 3.48. The first-order chi connectivity index (χ1) is 8.21. The quantitative estimate of drug-likeness (QED) is 0.848. The number of nitrogens with zero attached hydrogens (tertiary/aromatic N) is 1. The number of anilines is 1. The van der Waals surface area contributed by atoms with Gasteiger partial charge in [0.25, 0.3) is 0 Å². The van der Waals surface area contributed by atoms with E-state index >= 15 is 0 Å². The van der Waals surface area contributed by atoms with Crippen molar-refractivity contribution >= 4 is 22.8 Å². The van der Waals surface area contributed by atoms with Gasteiger partial charge < -0.3 is 14.8 Å². The molecular weight excluding hydrogens is 220 g/mol. The fourth-order valence-corrected chi connectivity index (χ4v) is 2.14. The minimum atomic E-state index is -0.849. The van der Waals surface area contributed by atoms with Crippen molar-refractivity contribution in [2.24, 2.45) is 0 Å².